The molecule has 0 saturated heterocycles. The second kappa shape index (κ2) is 7.17. The number of hydrogen-bond acceptors (Lipinski definition) is 2. The molecule has 1 fully saturated rings. The Morgan fingerprint density at radius 3 is 2.76 bits per heavy atom. The Kier molecular flexibility index (Phi) is 5.51. The lowest BCUT2D eigenvalue weighted by Gasteiger charge is -2.42. The SMILES string of the molecule is CC1(NC(=O)CCCCl)CCCCC1c1ccc(O)cc1. The zero-order chi connectivity index (χ0) is 15.3. The molecular formula is C17H24ClNO2. The van der Waals surface area contributed by atoms with Crippen LogP contribution in [-0.4, -0.2) is 22.4 Å². The standard InChI is InChI=1S/C17H24ClNO2/c1-17(19-16(21)6-4-12-18)11-3-2-5-15(17)13-7-9-14(20)10-8-13/h7-10,15,20H,2-6,11-12H2,1H3,(H,19,21). The van der Waals surface area contributed by atoms with Crippen molar-refractivity contribution < 1.29 is 9.90 Å². The van der Waals surface area contributed by atoms with E-state index in [1.165, 1.54) is 12.0 Å². The van der Waals surface area contributed by atoms with Gasteiger partial charge in [-0.2, -0.15) is 0 Å². The summed E-state index contributed by atoms with van der Waals surface area (Å²) in [6, 6.07) is 7.38. The fourth-order valence-corrected chi connectivity index (χ4v) is 3.47. The summed E-state index contributed by atoms with van der Waals surface area (Å²) >= 11 is 5.66. The lowest BCUT2D eigenvalue weighted by atomic mass is 9.70. The summed E-state index contributed by atoms with van der Waals surface area (Å²) in [5.41, 5.74) is 0.978. The van der Waals surface area contributed by atoms with E-state index < -0.39 is 0 Å². The molecule has 0 heterocycles. The van der Waals surface area contributed by atoms with Crippen LogP contribution in [0.2, 0.25) is 0 Å². The fourth-order valence-electron chi connectivity index (χ4n) is 3.33. The maximum atomic E-state index is 12.1. The van der Waals surface area contributed by atoms with Crippen molar-refractivity contribution in [3.63, 3.8) is 0 Å². The number of rotatable bonds is 5. The first kappa shape index (κ1) is 16.2. The van der Waals surface area contributed by atoms with E-state index in [1.807, 2.05) is 12.1 Å². The molecule has 21 heavy (non-hydrogen) atoms. The van der Waals surface area contributed by atoms with Gasteiger partial charge in [0, 0.05) is 23.8 Å². The minimum absolute atomic E-state index is 0.0869. The number of halogens is 1. The van der Waals surface area contributed by atoms with Crippen molar-refractivity contribution in [2.75, 3.05) is 5.88 Å². The average Bonchev–Trinajstić information content (AvgIpc) is 2.46. The number of phenols is 1. The van der Waals surface area contributed by atoms with Gasteiger partial charge in [-0.15, -0.1) is 11.6 Å². The Morgan fingerprint density at radius 2 is 2.10 bits per heavy atom. The van der Waals surface area contributed by atoms with E-state index in [9.17, 15) is 9.90 Å². The topological polar surface area (TPSA) is 49.3 Å². The van der Waals surface area contributed by atoms with E-state index in [-0.39, 0.29) is 17.2 Å². The van der Waals surface area contributed by atoms with Crippen LogP contribution in [0.5, 0.6) is 5.75 Å². The third-order valence-corrected chi connectivity index (χ3v) is 4.73. The summed E-state index contributed by atoms with van der Waals surface area (Å²) in [6.07, 6.45) is 5.58. The van der Waals surface area contributed by atoms with Gasteiger partial charge in [-0.05, 0) is 43.9 Å². The van der Waals surface area contributed by atoms with Crippen molar-refractivity contribution >= 4 is 17.5 Å². The molecular weight excluding hydrogens is 286 g/mol. The lowest BCUT2D eigenvalue weighted by Crippen LogP contribution is -2.51. The van der Waals surface area contributed by atoms with Crippen LogP contribution in [0.1, 0.15) is 56.9 Å². The van der Waals surface area contributed by atoms with Crippen LogP contribution in [0, 0.1) is 0 Å². The summed E-state index contributed by atoms with van der Waals surface area (Å²) in [6.45, 7) is 2.14. The zero-order valence-electron chi connectivity index (χ0n) is 12.6. The van der Waals surface area contributed by atoms with Crippen LogP contribution in [0.25, 0.3) is 0 Å². The molecule has 116 valence electrons. The van der Waals surface area contributed by atoms with E-state index in [1.54, 1.807) is 12.1 Å². The van der Waals surface area contributed by atoms with E-state index in [4.69, 9.17) is 11.6 Å². The van der Waals surface area contributed by atoms with Crippen molar-refractivity contribution in [2.24, 2.45) is 0 Å². The molecule has 0 bridgehead atoms. The summed E-state index contributed by atoms with van der Waals surface area (Å²) in [5.74, 6) is 1.18. The van der Waals surface area contributed by atoms with Crippen LogP contribution in [-0.2, 0) is 4.79 Å². The van der Waals surface area contributed by atoms with E-state index in [0.717, 1.165) is 19.3 Å². The van der Waals surface area contributed by atoms with Gasteiger partial charge in [-0.25, -0.2) is 0 Å². The van der Waals surface area contributed by atoms with Crippen LogP contribution in [0.15, 0.2) is 24.3 Å². The summed E-state index contributed by atoms with van der Waals surface area (Å²) in [7, 11) is 0. The van der Waals surface area contributed by atoms with Gasteiger partial charge in [0.2, 0.25) is 5.91 Å². The van der Waals surface area contributed by atoms with Gasteiger partial charge < -0.3 is 10.4 Å². The van der Waals surface area contributed by atoms with Crippen molar-refractivity contribution in [1.82, 2.24) is 5.32 Å². The van der Waals surface area contributed by atoms with Crippen molar-refractivity contribution in [1.29, 1.82) is 0 Å². The highest BCUT2D eigenvalue weighted by Gasteiger charge is 2.38. The first-order valence-corrected chi connectivity index (χ1v) is 8.24. The van der Waals surface area contributed by atoms with Crippen LogP contribution >= 0.6 is 11.6 Å². The molecule has 2 N–H and O–H groups in total. The molecule has 3 nitrogen and oxygen atoms in total. The lowest BCUT2D eigenvalue weighted by molar-refractivity contribution is -0.123. The molecule has 0 aliphatic heterocycles. The van der Waals surface area contributed by atoms with Gasteiger partial charge >= 0.3 is 0 Å². The molecule has 0 spiro atoms. The maximum Gasteiger partial charge on any atom is 0.220 e. The molecule has 2 atom stereocenters. The Balaban J connectivity index is 2.13. The minimum atomic E-state index is -0.210. The number of carbonyl (C=O) groups is 1. The van der Waals surface area contributed by atoms with Gasteiger partial charge in [0.15, 0.2) is 0 Å². The predicted molar refractivity (Wildman–Crippen MR) is 85.8 cm³/mol. The summed E-state index contributed by atoms with van der Waals surface area (Å²) in [4.78, 5) is 12.1. The summed E-state index contributed by atoms with van der Waals surface area (Å²) < 4.78 is 0. The number of alkyl halides is 1. The number of nitrogens with one attached hydrogen (secondary N) is 1. The molecule has 0 radical (unpaired) electrons. The molecule has 1 saturated carbocycles. The first-order valence-electron chi connectivity index (χ1n) is 7.71. The maximum absolute atomic E-state index is 12.1. The number of benzene rings is 1. The number of hydrogen-bond donors (Lipinski definition) is 2. The number of carbonyl (C=O) groups excluding carboxylic acids is 1. The Bertz CT molecular complexity index is 474. The predicted octanol–water partition coefficient (Wildman–Crippen LogP) is 3.94. The zero-order valence-corrected chi connectivity index (χ0v) is 13.3. The second-order valence-corrected chi connectivity index (χ2v) is 6.53. The van der Waals surface area contributed by atoms with Gasteiger partial charge in [0.25, 0.3) is 0 Å². The van der Waals surface area contributed by atoms with Gasteiger partial charge in [-0.1, -0.05) is 25.0 Å². The highest BCUT2D eigenvalue weighted by molar-refractivity contribution is 6.17. The Hall–Kier alpha value is -1.22. The van der Waals surface area contributed by atoms with Crippen molar-refractivity contribution in [3.8, 4) is 5.75 Å². The average molecular weight is 310 g/mol. The second-order valence-electron chi connectivity index (χ2n) is 6.15. The quantitative estimate of drug-likeness (QED) is 0.809. The van der Waals surface area contributed by atoms with Crippen LogP contribution in [0.3, 0.4) is 0 Å². The van der Waals surface area contributed by atoms with Crippen LogP contribution in [0.4, 0.5) is 0 Å². The number of amides is 1. The minimum Gasteiger partial charge on any atom is -0.508 e. The molecule has 0 aromatic heterocycles. The smallest absolute Gasteiger partial charge is 0.220 e. The molecule has 1 amide bonds. The first-order chi connectivity index (χ1) is 10.0. The third-order valence-electron chi connectivity index (χ3n) is 4.47. The molecule has 2 rings (SSSR count). The monoisotopic (exact) mass is 309 g/mol. The molecule has 4 heteroatoms. The molecule has 2 unspecified atom stereocenters. The summed E-state index contributed by atoms with van der Waals surface area (Å²) in [5, 5.41) is 12.7. The molecule has 1 aromatic carbocycles. The van der Waals surface area contributed by atoms with E-state index >= 15 is 0 Å². The highest BCUT2D eigenvalue weighted by atomic mass is 35.5. The molecule has 1 aliphatic rings. The van der Waals surface area contributed by atoms with E-state index in [2.05, 4.69) is 12.2 Å². The van der Waals surface area contributed by atoms with E-state index in [0.29, 0.717) is 24.6 Å². The molecule has 1 aromatic rings. The van der Waals surface area contributed by atoms with Crippen LogP contribution < -0.4 is 5.32 Å². The Labute approximate surface area is 131 Å². The normalized spacial score (nSPS) is 25.5. The third kappa shape index (κ3) is 4.13. The number of phenolic OH excluding ortho intramolecular Hbond substituents is 1. The molecule has 1 aliphatic carbocycles. The van der Waals surface area contributed by atoms with Crippen molar-refractivity contribution in [3.05, 3.63) is 29.8 Å². The highest BCUT2D eigenvalue weighted by Crippen LogP contribution is 2.41. The van der Waals surface area contributed by atoms with Gasteiger partial charge in [0.05, 0.1) is 0 Å². The van der Waals surface area contributed by atoms with Gasteiger partial charge in [-0.3, -0.25) is 4.79 Å². The Morgan fingerprint density at radius 1 is 1.38 bits per heavy atom. The van der Waals surface area contributed by atoms with Gasteiger partial charge in [0.1, 0.15) is 5.75 Å². The fraction of sp³-hybridized carbons (Fsp3) is 0.588. The largest absolute Gasteiger partial charge is 0.508 e. The van der Waals surface area contributed by atoms with Crippen molar-refractivity contribution in [2.45, 2.75) is 56.9 Å². The number of aromatic hydroxyl groups is 1.